The van der Waals surface area contributed by atoms with E-state index in [1.807, 2.05) is 39.0 Å². The molecule has 0 fully saturated rings. The van der Waals surface area contributed by atoms with Gasteiger partial charge < -0.3 is 11.1 Å². The topological polar surface area (TPSA) is 85.8 Å². The van der Waals surface area contributed by atoms with E-state index in [4.69, 9.17) is 5.73 Å². The molecule has 2 aromatic heterocycles. The molecule has 0 aliphatic heterocycles. The highest BCUT2D eigenvalue weighted by Crippen LogP contribution is 2.10. The Morgan fingerprint density at radius 2 is 2.04 bits per heavy atom. The van der Waals surface area contributed by atoms with Crippen LogP contribution in [0.25, 0.3) is 5.82 Å². The van der Waals surface area contributed by atoms with Crippen molar-refractivity contribution < 1.29 is 4.79 Å². The molecule has 0 saturated carbocycles. The van der Waals surface area contributed by atoms with Crippen LogP contribution >= 0.6 is 24.8 Å². The number of hydrogen-bond acceptors (Lipinski definition) is 4. The largest absolute Gasteiger partial charge is 0.352 e. The minimum atomic E-state index is 0. The highest BCUT2D eigenvalue weighted by atomic mass is 35.5. The van der Waals surface area contributed by atoms with Gasteiger partial charge in [0.25, 0.3) is 0 Å². The molecule has 1 amide bonds. The van der Waals surface area contributed by atoms with Crippen LogP contribution in [-0.2, 0) is 11.3 Å². The van der Waals surface area contributed by atoms with Gasteiger partial charge in [0.05, 0.1) is 5.69 Å². The van der Waals surface area contributed by atoms with Crippen LogP contribution in [0.5, 0.6) is 0 Å². The van der Waals surface area contributed by atoms with Gasteiger partial charge in [0, 0.05) is 30.9 Å². The first-order valence-electron chi connectivity index (χ1n) is 7.46. The van der Waals surface area contributed by atoms with Crippen molar-refractivity contribution >= 4 is 30.7 Å². The summed E-state index contributed by atoms with van der Waals surface area (Å²) < 4.78 is 1.81. The second-order valence-corrected chi connectivity index (χ2v) is 5.66. The Bertz CT molecular complexity index is 640. The molecule has 0 radical (unpaired) electrons. The van der Waals surface area contributed by atoms with Crippen LogP contribution in [0.15, 0.2) is 24.4 Å². The number of rotatable bonds is 6. The number of pyridine rings is 1. The van der Waals surface area contributed by atoms with Gasteiger partial charge in [-0.05, 0) is 44.9 Å². The van der Waals surface area contributed by atoms with Crippen molar-refractivity contribution in [2.24, 2.45) is 5.73 Å². The predicted octanol–water partition coefficient (Wildman–Crippen LogP) is 2.47. The molecule has 2 rings (SSSR count). The molecule has 134 valence electrons. The maximum atomic E-state index is 11.7. The third-order valence-corrected chi connectivity index (χ3v) is 3.35. The fourth-order valence-corrected chi connectivity index (χ4v) is 2.16. The predicted molar refractivity (Wildman–Crippen MR) is 100 cm³/mol. The Hall–Kier alpha value is -1.63. The number of aromatic nitrogens is 3. The lowest BCUT2D eigenvalue weighted by molar-refractivity contribution is -0.121. The Labute approximate surface area is 155 Å². The van der Waals surface area contributed by atoms with Crippen LogP contribution in [0.2, 0.25) is 0 Å². The van der Waals surface area contributed by atoms with Crippen molar-refractivity contribution in [3.8, 4) is 5.82 Å². The zero-order chi connectivity index (χ0) is 16.1. The summed E-state index contributed by atoms with van der Waals surface area (Å²) in [5.74, 6) is 0.789. The Morgan fingerprint density at radius 1 is 1.33 bits per heavy atom. The highest BCUT2D eigenvalue weighted by molar-refractivity contribution is 5.85. The number of carbonyl (C=O) groups excluding carboxylic acids is 1. The van der Waals surface area contributed by atoms with Crippen LogP contribution in [0.4, 0.5) is 0 Å². The number of nitrogens with zero attached hydrogens (tertiary/aromatic N) is 3. The van der Waals surface area contributed by atoms with Crippen molar-refractivity contribution in [2.75, 3.05) is 0 Å². The molecule has 0 spiro atoms. The monoisotopic (exact) mass is 373 g/mol. The summed E-state index contributed by atoms with van der Waals surface area (Å²) in [6, 6.07) is 5.91. The molecule has 0 aliphatic carbocycles. The van der Waals surface area contributed by atoms with Crippen molar-refractivity contribution in [3.05, 3.63) is 41.3 Å². The minimum Gasteiger partial charge on any atom is -0.352 e. The summed E-state index contributed by atoms with van der Waals surface area (Å²) in [6.45, 7) is 6.32. The fraction of sp³-hybridized carbons (Fsp3) is 0.438. The van der Waals surface area contributed by atoms with Gasteiger partial charge in [-0.2, -0.15) is 5.10 Å². The standard InChI is InChI=1S/C16H23N5O.2ClH/c1-11(17)4-7-16(22)19-10-14-5-6-15(18-9-14)21-13(3)8-12(2)20-21;;/h5-6,8-9,11H,4,7,10,17H2,1-3H3,(H,19,22);2*1H. The average Bonchev–Trinajstić information content (AvgIpc) is 2.82. The zero-order valence-electron chi connectivity index (χ0n) is 14.2. The van der Waals surface area contributed by atoms with Gasteiger partial charge in [0.1, 0.15) is 0 Å². The molecular formula is C16H25Cl2N5O. The van der Waals surface area contributed by atoms with Crippen LogP contribution in [-0.4, -0.2) is 26.7 Å². The van der Waals surface area contributed by atoms with Gasteiger partial charge in [-0.1, -0.05) is 6.07 Å². The van der Waals surface area contributed by atoms with Crippen molar-refractivity contribution in [2.45, 2.75) is 46.2 Å². The number of nitrogens with one attached hydrogen (secondary N) is 1. The maximum Gasteiger partial charge on any atom is 0.220 e. The number of carbonyl (C=O) groups is 1. The van der Waals surface area contributed by atoms with Crippen molar-refractivity contribution in [3.63, 3.8) is 0 Å². The number of amides is 1. The fourth-order valence-electron chi connectivity index (χ4n) is 2.16. The molecular weight excluding hydrogens is 349 g/mol. The van der Waals surface area contributed by atoms with Gasteiger partial charge >= 0.3 is 0 Å². The van der Waals surface area contributed by atoms with Crippen LogP contribution in [0.3, 0.4) is 0 Å². The van der Waals surface area contributed by atoms with E-state index in [2.05, 4.69) is 15.4 Å². The second kappa shape index (κ2) is 10.3. The second-order valence-electron chi connectivity index (χ2n) is 5.66. The summed E-state index contributed by atoms with van der Waals surface area (Å²) in [5.41, 5.74) is 8.60. The lowest BCUT2D eigenvalue weighted by atomic mass is 10.2. The summed E-state index contributed by atoms with van der Waals surface area (Å²) in [6.07, 6.45) is 2.91. The zero-order valence-corrected chi connectivity index (χ0v) is 15.8. The third kappa shape index (κ3) is 6.47. The molecule has 0 saturated heterocycles. The third-order valence-electron chi connectivity index (χ3n) is 3.35. The molecule has 24 heavy (non-hydrogen) atoms. The van der Waals surface area contributed by atoms with E-state index in [9.17, 15) is 4.79 Å². The van der Waals surface area contributed by atoms with E-state index in [1.54, 1.807) is 10.9 Å². The molecule has 0 aromatic carbocycles. The van der Waals surface area contributed by atoms with Gasteiger partial charge in [-0.25, -0.2) is 9.67 Å². The molecule has 1 atom stereocenters. The highest BCUT2D eigenvalue weighted by Gasteiger charge is 2.06. The first-order valence-corrected chi connectivity index (χ1v) is 7.46. The number of halogens is 2. The van der Waals surface area contributed by atoms with E-state index >= 15 is 0 Å². The van der Waals surface area contributed by atoms with E-state index < -0.39 is 0 Å². The number of aryl methyl sites for hydroxylation is 2. The molecule has 8 heteroatoms. The molecule has 2 heterocycles. The summed E-state index contributed by atoms with van der Waals surface area (Å²) in [4.78, 5) is 16.1. The Morgan fingerprint density at radius 3 is 2.54 bits per heavy atom. The number of nitrogens with two attached hydrogens (primary N) is 1. The van der Waals surface area contributed by atoms with Gasteiger partial charge in [0.2, 0.25) is 5.91 Å². The van der Waals surface area contributed by atoms with Crippen LogP contribution in [0, 0.1) is 13.8 Å². The first-order chi connectivity index (χ1) is 10.5. The molecule has 3 N–H and O–H groups in total. The summed E-state index contributed by atoms with van der Waals surface area (Å²) >= 11 is 0. The maximum absolute atomic E-state index is 11.7. The van der Waals surface area contributed by atoms with Gasteiger partial charge in [-0.15, -0.1) is 24.8 Å². The van der Waals surface area contributed by atoms with E-state index in [1.165, 1.54) is 0 Å². The van der Waals surface area contributed by atoms with Crippen LogP contribution in [0.1, 0.15) is 36.7 Å². The normalized spacial score (nSPS) is 11.2. The molecule has 6 nitrogen and oxygen atoms in total. The summed E-state index contributed by atoms with van der Waals surface area (Å²) in [5, 5.41) is 7.27. The smallest absolute Gasteiger partial charge is 0.220 e. The van der Waals surface area contributed by atoms with Gasteiger partial charge in [-0.3, -0.25) is 4.79 Å². The Kier molecular flexibility index (Phi) is 9.58. The van der Waals surface area contributed by atoms with Crippen molar-refractivity contribution in [1.29, 1.82) is 0 Å². The Balaban J connectivity index is 0.00000264. The SMILES string of the molecule is Cc1cc(C)n(-c2ccc(CNC(=O)CCC(C)N)cn2)n1.Cl.Cl. The summed E-state index contributed by atoms with van der Waals surface area (Å²) in [7, 11) is 0. The van der Waals surface area contributed by atoms with Crippen molar-refractivity contribution in [1.82, 2.24) is 20.1 Å². The number of hydrogen-bond donors (Lipinski definition) is 2. The van der Waals surface area contributed by atoms with E-state index in [0.717, 1.165) is 22.8 Å². The lowest BCUT2D eigenvalue weighted by Crippen LogP contribution is -2.25. The minimum absolute atomic E-state index is 0. The van der Waals surface area contributed by atoms with Gasteiger partial charge in [0.15, 0.2) is 5.82 Å². The quantitative estimate of drug-likeness (QED) is 0.813. The lowest BCUT2D eigenvalue weighted by Gasteiger charge is -2.08. The molecule has 0 bridgehead atoms. The first kappa shape index (κ1) is 22.4. The van der Waals surface area contributed by atoms with Crippen LogP contribution < -0.4 is 11.1 Å². The van der Waals surface area contributed by atoms with E-state index in [-0.39, 0.29) is 36.8 Å². The molecule has 1 unspecified atom stereocenters. The van der Waals surface area contributed by atoms with E-state index in [0.29, 0.717) is 19.4 Å². The molecule has 2 aromatic rings. The average molecular weight is 374 g/mol. The molecule has 0 aliphatic rings.